The van der Waals surface area contributed by atoms with Crippen LogP contribution in [0.4, 0.5) is 5.69 Å². The van der Waals surface area contributed by atoms with Crippen molar-refractivity contribution in [2.45, 2.75) is 13.8 Å². The molecule has 0 amide bonds. The Bertz CT molecular complexity index is 1270. The summed E-state index contributed by atoms with van der Waals surface area (Å²) >= 11 is 0. The van der Waals surface area contributed by atoms with Crippen molar-refractivity contribution in [3.8, 4) is 17.0 Å². The highest BCUT2D eigenvalue weighted by Gasteiger charge is 2.23. The van der Waals surface area contributed by atoms with Gasteiger partial charge in [0.25, 0.3) is 5.69 Å². The number of benzene rings is 2. The molecule has 2 aromatic carbocycles. The van der Waals surface area contributed by atoms with Crippen molar-refractivity contribution in [3.05, 3.63) is 75.0 Å². The number of methoxy groups -OCH3 is 1. The number of aryl methyl sites for hydroxylation is 2. The number of hydrogen-bond donors (Lipinski definition) is 1. The lowest BCUT2D eigenvalue weighted by Gasteiger charge is -2.04. The molecule has 1 heterocycles. The van der Waals surface area contributed by atoms with E-state index >= 15 is 0 Å². The van der Waals surface area contributed by atoms with Crippen LogP contribution in [0.2, 0.25) is 0 Å². The molecule has 1 N–H and O–H groups in total. The Balaban J connectivity index is 1.86. The van der Waals surface area contributed by atoms with E-state index in [1.54, 1.807) is 14.0 Å². The van der Waals surface area contributed by atoms with Crippen LogP contribution in [-0.2, 0) is 11.8 Å². The second-order valence-corrected chi connectivity index (χ2v) is 7.34. The van der Waals surface area contributed by atoms with Crippen LogP contribution in [0, 0.1) is 17.0 Å². The molecule has 0 saturated heterocycles. The van der Waals surface area contributed by atoms with Crippen LogP contribution in [-0.4, -0.2) is 50.9 Å². The predicted molar refractivity (Wildman–Crippen MR) is 121 cm³/mol. The molecular weight excluding hydrogens is 428 g/mol. The van der Waals surface area contributed by atoms with Crippen molar-refractivity contribution in [2.75, 3.05) is 13.7 Å². The fourth-order valence-electron chi connectivity index (χ4n) is 3.29. The standard InChI is InChI=1S/C23H22N4O6/c1-13-5-7-15(8-6-13)21-22(29)20(25-26(21)3)14(2)24-12-19(28)16-9-10-17(23(30)33-4)18(11-16)27(31)32/h5-11,29H,12H2,1-4H3. The van der Waals surface area contributed by atoms with Crippen molar-refractivity contribution >= 4 is 23.2 Å². The van der Waals surface area contributed by atoms with E-state index in [1.807, 2.05) is 31.2 Å². The van der Waals surface area contributed by atoms with Crippen molar-refractivity contribution in [2.24, 2.45) is 12.0 Å². The second-order valence-electron chi connectivity index (χ2n) is 7.34. The van der Waals surface area contributed by atoms with Crippen LogP contribution >= 0.6 is 0 Å². The molecule has 0 spiro atoms. The number of carbonyl (C=O) groups is 2. The summed E-state index contributed by atoms with van der Waals surface area (Å²) < 4.78 is 6.07. The van der Waals surface area contributed by atoms with Gasteiger partial charge in [0.05, 0.1) is 17.7 Å². The maximum absolute atomic E-state index is 12.6. The van der Waals surface area contributed by atoms with E-state index in [0.29, 0.717) is 11.4 Å². The van der Waals surface area contributed by atoms with Crippen molar-refractivity contribution < 1.29 is 24.4 Å². The second kappa shape index (κ2) is 9.43. The lowest BCUT2D eigenvalue weighted by molar-refractivity contribution is -0.385. The summed E-state index contributed by atoms with van der Waals surface area (Å²) in [4.78, 5) is 39.0. The van der Waals surface area contributed by atoms with Crippen LogP contribution in [0.5, 0.6) is 5.75 Å². The monoisotopic (exact) mass is 450 g/mol. The SMILES string of the molecule is COC(=O)c1ccc(C(=O)CN=C(C)c2nn(C)c(-c3ccc(C)cc3)c2O)cc1[N+](=O)[O-]. The number of Topliss-reactive ketones (excluding diaryl/α,β-unsaturated/α-hetero) is 1. The Hall–Kier alpha value is -4.34. The summed E-state index contributed by atoms with van der Waals surface area (Å²) in [5, 5.41) is 26.3. The number of nitro benzene ring substituents is 1. The van der Waals surface area contributed by atoms with E-state index < -0.39 is 22.4 Å². The molecule has 0 saturated carbocycles. The number of aromatic hydroxyl groups is 1. The predicted octanol–water partition coefficient (Wildman–Crippen LogP) is 3.49. The molecule has 0 fully saturated rings. The molecule has 10 nitrogen and oxygen atoms in total. The van der Waals surface area contributed by atoms with Gasteiger partial charge in [0, 0.05) is 24.2 Å². The van der Waals surface area contributed by atoms with Gasteiger partial charge in [0.1, 0.15) is 23.5 Å². The number of aliphatic imine (C=N–C) groups is 1. The minimum absolute atomic E-state index is 0.0245. The smallest absolute Gasteiger partial charge is 0.344 e. The summed E-state index contributed by atoms with van der Waals surface area (Å²) in [6.45, 7) is 3.25. The first-order valence-electron chi connectivity index (χ1n) is 9.88. The van der Waals surface area contributed by atoms with Gasteiger partial charge in [0.2, 0.25) is 0 Å². The summed E-state index contributed by atoms with van der Waals surface area (Å²) in [7, 11) is 2.80. The zero-order chi connectivity index (χ0) is 24.3. The number of nitrogens with zero attached hydrogens (tertiary/aromatic N) is 4. The van der Waals surface area contributed by atoms with E-state index in [4.69, 9.17) is 0 Å². The van der Waals surface area contributed by atoms with Crippen LogP contribution in [0.25, 0.3) is 11.3 Å². The van der Waals surface area contributed by atoms with Crippen molar-refractivity contribution in [1.82, 2.24) is 9.78 Å². The summed E-state index contributed by atoms with van der Waals surface area (Å²) in [6.07, 6.45) is 0. The molecule has 0 bridgehead atoms. The molecule has 0 aliphatic heterocycles. The minimum Gasteiger partial charge on any atom is -0.504 e. The molecule has 3 rings (SSSR count). The minimum atomic E-state index is -0.871. The summed E-state index contributed by atoms with van der Waals surface area (Å²) in [5.74, 6) is -1.43. The van der Waals surface area contributed by atoms with E-state index in [2.05, 4.69) is 14.8 Å². The van der Waals surface area contributed by atoms with Gasteiger partial charge in [-0.05, 0) is 26.0 Å². The third-order valence-electron chi connectivity index (χ3n) is 5.07. The van der Waals surface area contributed by atoms with Gasteiger partial charge in [-0.2, -0.15) is 5.10 Å². The van der Waals surface area contributed by atoms with Gasteiger partial charge in [-0.15, -0.1) is 0 Å². The van der Waals surface area contributed by atoms with E-state index in [1.165, 1.54) is 16.8 Å². The molecule has 3 aromatic rings. The fourth-order valence-corrected chi connectivity index (χ4v) is 3.29. The lowest BCUT2D eigenvalue weighted by atomic mass is 10.1. The zero-order valence-corrected chi connectivity index (χ0v) is 18.5. The third-order valence-corrected chi connectivity index (χ3v) is 5.07. The summed E-state index contributed by atoms with van der Waals surface area (Å²) in [6, 6.07) is 11.1. The molecule has 0 radical (unpaired) electrons. The maximum atomic E-state index is 12.6. The molecule has 10 heteroatoms. The lowest BCUT2D eigenvalue weighted by Crippen LogP contribution is -2.10. The van der Waals surface area contributed by atoms with Crippen LogP contribution in [0.1, 0.15) is 38.9 Å². The van der Waals surface area contributed by atoms with Crippen molar-refractivity contribution in [1.29, 1.82) is 0 Å². The van der Waals surface area contributed by atoms with Gasteiger partial charge < -0.3 is 9.84 Å². The highest BCUT2D eigenvalue weighted by Crippen LogP contribution is 2.32. The third kappa shape index (κ3) is 4.79. The highest BCUT2D eigenvalue weighted by molar-refractivity contribution is 6.05. The molecule has 0 atom stereocenters. The number of ketones is 1. The Morgan fingerprint density at radius 1 is 1.21 bits per heavy atom. The van der Waals surface area contributed by atoms with Crippen LogP contribution < -0.4 is 0 Å². The van der Waals surface area contributed by atoms with Gasteiger partial charge >= 0.3 is 5.97 Å². The Kier molecular flexibility index (Phi) is 6.67. The quantitative estimate of drug-likeness (QED) is 0.191. The Morgan fingerprint density at radius 2 is 1.88 bits per heavy atom. The number of esters is 1. The molecule has 0 aliphatic carbocycles. The average Bonchev–Trinajstić information content (AvgIpc) is 3.10. The summed E-state index contributed by atoms with van der Waals surface area (Å²) in [5.41, 5.74) is 2.18. The van der Waals surface area contributed by atoms with Crippen molar-refractivity contribution in [3.63, 3.8) is 0 Å². The average molecular weight is 450 g/mol. The van der Waals surface area contributed by atoms with E-state index in [9.17, 15) is 24.8 Å². The van der Waals surface area contributed by atoms with Gasteiger partial charge in [-0.1, -0.05) is 29.8 Å². The molecule has 170 valence electrons. The number of rotatable bonds is 7. The fraction of sp³-hybridized carbons (Fsp3) is 0.217. The zero-order valence-electron chi connectivity index (χ0n) is 18.5. The number of ether oxygens (including phenoxy) is 1. The number of nitro groups is 1. The van der Waals surface area contributed by atoms with Crippen LogP contribution in [0.3, 0.4) is 0 Å². The Morgan fingerprint density at radius 3 is 2.48 bits per heavy atom. The number of carbonyl (C=O) groups excluding carboxylic acids is 2. The first-order chi connectivity index (χ1) is 15.6. The first-order valence-corrected chi connectivity index (χ1v) is 9.88. The maximum Gasteiger partial charge on any atom is 0.344 e. The largest absolute Gasteiger partial charge is 0.504 e. The topological polar surface area (TPSA) is 137 Å². The molecule has 0 aliphatic rings. The number of aromatic nitrogens is 2. The van der Waals surface area contributed by atoms with E-state index in [-0.39, 0.29) is 29.1 Å². The Labute approximate surface area is 189 Å². The first kappa shape index (κ1) is 23.3. The molecular formula is C23H22N4O6. The molecule has 33 heavy (non-hydrogen) atoms. The van der Waals surface area contributed by atoms with E-state index in [0.717, 1.165) is 24.3 Å². The number of hydrogen-bond acceptors (Lipinski definition) is 8. The normalized spacial score (nSPS) is 11.3. The highest BCUT2D eigenvalue weighted by atomic mass is 16.6. The molecule has 0 unspecified atom stereocenters. The van der Waals surface area contributed by atoms with Crippen LogP contribution in [0.15, 0.2) is 47.5 Å². The van der Waals surface area contributed by atoms with Gasteiger partial charge in [0.15, 0.2) is 11.5 Å². The molecule has 1 aromatic heterocycles. The van der Waals surface area contributed by atoms with Gasteiger partial charge in [-0.3, -0.25) is 24.6 Å². The van der Waals surface area contributed by atoms with Gasteiger partial charge in [-0.25, -0.2) is 4.79 Å².